The molecular weight excluding hydrogens is 164 g/mol. The summed E-state index contributed by atoms with van der Waals surface area (Å²) in [4.78, 5) is 14.7. The second-order valence-corrected chi connectivity index (χ2v) is 3.66. The number of carbonyl (C=O) groups excluding carboxylic acids is 1. The molecule has 13 heavy (non-hydrogen) atoms. The van der Waals surface area contributed by atoms with Crippen LogP contribution in [0.1, 0.15) is 37.2 Å². The van der Waals surface area contributed by atoms with Gasteiger partial charge in [-0.1, -0.05) is 0 Å². The molecule has 1 aliphatic rings. The summed E-state index contributed by atoms with van der Waals surface area (Å²) in [5.41, 5.74) is 2.24. The zero-order chi connectivity index (χ0) is 9.26. The van der Waals surface area contributed by atoms with Crippen LogP contribution in [0.25, 0.3) is 0 Å². The summed E-state index contributed by atoms with van der Waals surface area (Å²) in [6, 6.07) is 0.552. The lowest BCUT2D eigenvalue weighted by Gasteiger charge is -2.22. The van der Waals surface area contributed by atoms with E-state index in [1.165, 1.54) is 18.5 Å². The summed E-state index contributed by atoms with van der Waals surface area (Å²) in [7, 11) is 0. The molecule has 0 fully saturated rings. The lowest BCUT2D eigenvalue weighted by Crippen LogP contribution is -2.14. The summed E-state index contributed by atoms with van der Waals surface area (Å²) in [5.74, 6) is 0. The van der Waals surface area contributed by atoms with Crippen LogP contribution in [0.2, 0.25) is 0 Å². The molecule has 3 nitrogen and oxygen atoms in total. The van der Waals surface area contributed by atoms with Crippen LogP contribution in [0.5, 0.6) is 0 Å². The molecule has 0 N–H and O–H groups in total. The Balaban J connectivity index is 2.35. The number of aldehydes is 1. The fraction of sp³-hybridized carbons (Fsp3) is 0.600. The van der Waals surface area contributed by atoms with E-state index in [9.17, 15) is 4.79 Å². The molecule has 0 saturated carbocycles. The Hall–Kier alpha value is -1.12. The highest BCUT2D eigenvalue weighted by Gasteiger charge is 2.18. The Morgan fingerprint density at radius 2 is 2.62 bits per heavy atom. The molecule has 1 atom stereocenters. The molecule has 1 aromatic rings. The summed E-state index contributed by atoms with van der Waals surface area (Å²) >= 11 is 0. The number of fused-ring (bicyclic) bond motifs is 1. The molecule has 0 aromatic carbocycles. The van der Waals surface area contributed by atoms with Crippen molar-refractivity contribution in [3.8, 4) is 0 Å². The second-order valence-electron chi connectivity index (χ2n) is 3.66. The van der Waals surface area contributed by atoms with E-state index in [1.807, 2.05) is 6.33 Å². The van der Waals surface area contributed by atoms with Gasteiger partial charge in [0.2, 0.25) is 0 Å². The predicted molar refractivity (Wildman–Crippen MR) is 49.6 cm³/mol. The van der Waals surface area contributed by atoms with Gasteiger partial charge < -0.3 is 9.36 Å². The molecule has 0 amide bonds. The van der Waals surface area contributed by atoms with E-state index in [-0.39, 0.29) is 0 Å². The van der Waals surface area contributed by atoms with Gasteiger partial charge in [-0.05, 0) is 26.2 Å². The first-order chi connectivity index (χ1) is 6.33. The number of hydrogen-bond donors (Lipinski definition) is 0. The third-order valence-electron chi connectivity index (χ3n) is 2.77. The first-order valence-corrected chi connectivity index (χ1v) is 4.81. The van der Waals surface area contributed by atoms with Crippen LogP contribution in [0.15, 0.2) is 6.33 Å². The second kappa shape index (κ2) is 3.32. The van der Waals surface area contributed by atoms with Gasteiger partial charge in [0.15, 0.2) is 0 Å². The van der Waals surface area contributed by atoms with Crippen LogP contribution in [0.3, 0.4) is 0 Å². The van der Waals surface area contributed by atoms with E-state index in [0.29, 0.717) is 12.5 Å². The van der Waals surface area contributed by atoms with Crippen LogP contribution in [0, 0.1) is 0 Å². The minimum absolute atomic E-state index is 0.467. The van der Waals surface area contributed by atoms with Gasteiger partial charge in [0.25, 0.3) is 0 Å². The molecule has 0 radical (unpaired) electrons. The first kappa shape index (κ1) is 8.48. The maximum absolute atomic E-state index is 10.4. The van der Waals surface area contributed by atoms with Crippen LogP contribution in [0.4, 0.5) is 0 Å². The summed E-state index contributed by atoms with van der Waals surface area (Å²) in [6.45, 7) is 2.20. The molecule has 1 aromatic heterocycles. The number of rotatable bonds is 2. The van der Waals surface area contributed by atoms with Gasteiger partial charge >= 0.3 is 0 Å². The predicted octanol–water partition coefficient (Wildman–Crippen LogP) is 1.52. The standard InChI is InChI=1S/C10H14N2O/c1-8-3-2-4-10-9(5-6-13)11-7-12(8)10/h6-8H,2-5H2,1H3. The van der Waals surface area contributed by atoms with Crippen molar-refractivity contribution in [3.63, 3.8) is 0 Å². The van der Waals surface area contributed by atoms with E-state index in [4.69, 9.17) is 0 Å². The Kier molecular flexibility index (Phi) is 2.17. The van der Waals surface area contributed by atoms with Crippen LogP contribution >= 0.6 is 0 Å². The average molecular weight is 178 g/mol. The van der Waals surface area contributed by atoms with E-state index in [0.717, 1.165) is 18.4 Å². The topological polar surface area (TPSA) is 34.9 Å². The molecule has 2 rings (SSSR count). The quantitative estimate of drug-likeness (QED) is 0.643. The van der Waals surface area contributed by atoms with Crippen molar-refractivity contribution in [2.45, 2.75) is 38.6 Å². The number of hydrogen-bond acceptors (Lipinski definition) is 2. The molecule has 0 aliphatic carbocycles. The molecule has 3 heteroatoms. The van der Waals surface area contributed by atoms with Crippen molar-refractivity contribution in [2.75, 3.05) is 0 Å². The summed E-state index contributed by atoms with van der Waals surface area (Å²) < 4.78 is 2.21. The Labute approximate surface area is 77.8 Å². The average Bonchev–Trinajstić information content (AvgIpc) is 2.51. The molecule has 2 heterocycles. The van der Waals surface area contributed by atoms with Gasteiger partial charge in [-0.3, -0.25) is 0 Å². The van der Waals surface area contributed by atoms with E-state index in [1.54, 1.807) is 0 Å². The molecule has 1 unspecified atom stereocenters. The van der Waals surface area contributed by atoms with Gasteiger partial charge in [0, 0.05) is 18.2 Å². The summed E-state index contributed by atoms with van der Waals surface area (Å²) in [6.07, 6.45) is 6.80. The van der Waals surface area contributed by atoms with Crippen molar-refractivity contribution in [3.05, 3.63) is 17.7 Å². The third-order valence-corrected chi connectivity index (χ3v) is 2.77. The molecule has 70 valence electrons. The monoisotopic (exact) mass is 178 g/mol. The normalized spacial score (nSPS) is 21.2. The first-order valence-electron chi connectivity index (χ1n) is 4.81. The lowest BCUT2D eigenvalue weighted by molar-refractivity contribution is -0.107. The summed E-state index contributed by atoms with van der Waals surface area (Å²) in [5, 5.41) is 0. The highest BCUT2D eigenvalue weighted by Crippen LogP contribution is 2.25. The fourth-order valence-corrected chi connectivity index (χ4v) is 2.03. The van der Waals surface area contributed by atoms with Crippen molar-refractivity contribution in [2.24, 2.45) is 0 Å². The van der Waals surface area contributed by atoms with Gasteiger partial charge in [-0.2, -0.15) is 0 Å². The van der Waals surface area contributed by atoms with Crippen molar-refractivity contribution in [1.82, 2.24) is 9.55 Å². The van der Waals surface area contributed by atoms with Gasteiger partial charge in [-0.15, -0.1) is 0 Å². The fourth-order valence-electron chi connectivity index (χ4n) is 2.03. The van der Waals surface area contributed by atoms with Crippen molar-refractivity contribution < 1.29 is 4.79 Å². The van der Waals surface area contributed by atoms with Crippen molar-refractivity contribution in [1.29, 1.82) is 0 Å². The van der Waals surface area contributed by atoms with E-state index >= 15 is 0 Å². The van der Waals surface area contributed by atoms with Crippen LogP contribution < -0.4 is 0 Å². The number of aromatic nitrogens is 2. The van der Waals surface area contributed by atoms with Crippen molar-refractivity contribution >= 4 is 6.29 Å². The van der Waals surface area contributed by atoms with Gasteiger partial charge in [0.1, 0.15) is 6.29 Å². The largest absolute Gasteiger partial charge is 0.332 e. The SMILES string of the molecule is CC1CCCc2c(CC=O)ncn21. The van der Waals surface area contributed by atoms with Crippen LogP contribution in [-0.2, 0) is 17.6 Å². The smallest absolute Gasteiger partial charge is 0.126 e. The molecular formula is C10H14N2O. The maximum Gasteiger partial charge on any atom is 0.126 e. The highest BCUT2D eigenvalue weighted by molar-refractivity contribution is 5.54. The lowest BCUT2D eigenvalue weighted by atomic mass is 10.0. The van der Waals surface area contributed by atoms with Crippen LogP contribution in [-0.4, -0.2) is 15.8 Å². The number of nitrogens with zero attached hydrogens (tertiary/aromatic N) is 2. The molecule has 0 bridgehead atoms. The zero-order valence-electron chi connectivity index (χ0n) is 7.86. The Morgan fingerprint density at radius 3 is 3.38 bits per heavy atom. The highest BCUT2D eigenvalue weighted by atomic mass is 16.1. The third kappa shape index (κ3) is 1.39. The van der Waals surface area contributed by atoms with Gasteiger partial charge in [0.05, 0.1) is 12.0 Å². The molecule has 1 aliphatic heterocycles. The Bertz CT molecular complexity index is 317. The Morgan fingerprint density at radius 1 is 1.77 bits per heavy atom. The minimum Gasteiger partial charge on any atom is -0.332 e. The minimum atomic E-state index is 0.467. The zero-order valence-corrected chi connectivity index (χ0v) is 7.86. The molecule has 0 saturated heterocycles. The molecule has 0 spiro atoms. The van der Waals surface area contributed by atoms with Gasteiger partial charge in [-0.25, -0.2) is 4.98 Å². The number of imidazole rings is 1. The van der Waals surface area contributed by atoms with E-state index in [2.05, 4.69) is 16.5 Å². The number of carbonyl (C=O) groups is 1. The van der Waals surface area contributed by atoms with E-state index < -0.39 is 0 Å². The maximum atomic E-state index is 10.4.